The molecule has 2 aromatic carbocycles. The number of rotatable bonds is 5. The molecule has 2 aromatic rings. The molecule has 0 aliphatic carbocycles. The normalized spacial score (nSPS) is 11.3. The first-order valence-electron chi connectivity index (χ1n) is 9.11. The molecule has 26 heavy (non-hydrogen) atoms. The van der Waals surface area contributed by atoms with E-state index in [0.717, 1.165) is 33.4 Å². The Bertz CT molecular complexity index is 756. The molecule has 0 bridgehead atoms. The number of carbonyl (C=O) groups is 2. The van der Waals surface area contributed by atoms with E-state index < -0.39 is 5.92 Å². The van der Waals surface area contributed by atoms with E-state index in [2.05, 4.69) is 6.92 Å². The first-order chi connectivity index (χ1) is 12.0. The minimum atomic E-state index is -0.768. The van der Waals surface area contributed by atoms with Crippen LogP contribution in [0.4, 0.5) is 0 Å². The van der Waals surface area contributed by atoms with E-state index in [1.165, 1.54) is 0 Å². The van der Waals surface area contributed by atoms with Crippen molar-refractivity contribution in [2.24, 2.45) is 11.8 Å². The van der Waals surface area contributed by atoms with Crippen molar-refractivity contribution in [1.82, 2.24) is 0 Å². The fourth-order valence-electron chi connectivity index (χ4n) is 4.08. The third-order valence-electron chi connectivity index (χ3n) is 4.98. The van der Waals surface area contributed by atoms with Gasteiger partial charge < -0.3 is 0 Å². The van der Waals surface area contributed by atoms with Crippen LogP contribution in [0.5, 0.6) is 0 Å². The summed E-state index contributed by atoms with van der Waals surface area (Å²) in [5.41, 5.74) is 7.23. The van der Waals surface area contributed by atoms with Crippen LogP contribution in [0.3, 0.4) is 0 Å². The van der Waals surface area contributed by atoms with Crippen molar-refractivity contribution in [3.8, 4) is 0 Å². The fourth-order valence-corrected chi connectivity index (χ4v) is 4.08. The first kappa shape index (κ1) is 20.1. The quantitative estimate of drug-likeness (QED) is 0.513. The molecule has 2 heteroatoms. The summed E-state index contributed by atoms with van der Waals surface area (Å²) in [4.78, 5) is 26.8. The van der Waals surface area contributed by atoms with E-state index in [0.29, 0.717) is 11.1 Å². The smallest absolute Gasteiger partial charge is 0.174 e. The van der Waals surface area contributed by atoms with E-state index in [1.807, 2.05) is 72.7 Å². The van der Waals surface area contributed by atoms with Gasteiger partial charge in [-0.2, -0.15) is 0 Å². The van der Waals surface area contributed by atoms with E-state index >= 15 is 0 Å². The molecule has 0 saturated carbocycles. The van der Waals surface area contributed by atoms with Crippen molar-refractivity contribution in [3.63, 3.8) is 0 Å². The van der Waals surface area contributed by atoms with Crippen molar-refractivity contribution in [2.75, 3.05) is 0 Å². The van der Waals surface area contributed by atoms with Gasteiger partial charge in [-0.15, -0.1) is 0 Å². The molecule has 1 atom stereocenters. The zero-order valence-corrected chi connectivity index (χ0v) is 17.0. The van der Waals surface area contributed by atoms with Gasteiger partial charge in [0, 0.05) is 11.1 Å². The summed E-state index contributed by atoms with van der Waals surface area (Å²) in [6.07, 6.45) is 0. The van der Waals surface area contributed by atoms with Crippen LogP contribution < -0.4 is 0 Å². The van der Waals surface area contributed by atoms with E-state index in [9.17, 15) is 9.59 Å². The summed E-state index contributed by atoms with van der Waals surface area (Å²) < 4.78 is 0. The molecule has 0 amide bonds. The van der Waals surface area contributed by atoms with Crippen LogP contribution in [0.15, 0.2) is 24.3 Å². The Morgan fingerprint density at radius 3 is 1.19 bits per heavy atom. The Morgan fingerprint density at radius 1 is 0.692 bits per heavy atom. The minimum absolute atomic E-state index is 0.119. The molecule has 0 aromatic heterocycles. The predicted octanol–water partition coefficient (Wildman–Crippen LogP) is 5.69. The lowest BCUT2D eigenvalue weighted by atomic mass is 9.78. The fraction of sp³-hybridized carbons (Fsp3) is 0.375. The third-order valence-corrected chi connectivity index (χ3v) is 4.98. The molecule has 137 valence electrons. The highest BCUT2D eigenvalue weighted by Gasteiger charge is 2.34. The van der Waals surface area contributed by atoms with Gasteiger partial charge in [-0.1, -0.05) is 42.3 Å². The second-order valence-corrected chi connectivity index (χ2v) is 7.73. The van der Waals surface area contributed by atoms with Crippen LogP contribution in [0.1, 0.15) is 61.0 Å². The van der Waals surface area contributed by atoms with Crippen LogP contribution in [-0.4, -0.2) is 11.6 Å². The van der Waals surface area contributed by atoms with Gasteiger partial charge in [-0.05, 0) is 76.6 Å². The van der Waals surface area contributed by atoms with Crippen molar-refractivity contribution in [1.29, 1.82) is 0 Å². The first-order valence-corrected chi connectivity index (χ1v) is 9.11. The second kappa shape index (κ2) is 7.57. The molecular formula is C24H29O2. The van der Waals surface area contributed by atoms with Crippen LogP contribution >= 0.6 is 0 Å². The topological polar surface area (TPSA) is 34.1 Å². The molecule has 0 saturated heterocycles. The molecule has 2 rings (SSSR count). The molecule has 0 fully saturated rings. The number of aryl methyl sites for hydroxylation is 6. The number of benzene rings is 2. The van der Waals surface area contributed by atoms with Crippen LogP contribution in [0.2, 0.25) is 0 Å². The maximum atomic E-state index is 13.4. The summed E-state index contributed by atoms with van der Waals surface area (Å²) in [6, 6.07) is 7.99. The average Bonchev–Trinajstić information content (AvgIpc) is 2.44. The van der Waals surface area contributed by atoms with Crippen molar-refractivity contribution in [2.45, 2.75) is 48.5 Å². The summed E-state index contributed by atoms with van der Waals surface area (Å²) in [5, 5.41) is 0. The maximum Gasteiger partial charge on any atom is 0.174 e. The number of hydrogen-bond acceptors (Lipinski definition) is 2. The Labute approximate surface area is 157 Å². The van der Waals surface area contributed by atoms with Gasteiger partial charge in [-0.25, -0.2) is 0 Å². The number of carbonyl (C=O) groups excluding carboxylic acids is 2. The zero-order valence-electron chi connectivity index (χ0n) is 17.0. The van der Waals surface area contributed by atoms with Crippen LogP contribution in [-0.2, 0) is 0 Å². The van der Waals surface area contributed by atoms with Crippen molar-refractivity contribution < 1.29 is 9.59 Å². The van der Waals surface area contributed by atoms with Gasteiger partial charge in [0.05, 0.1) is 5.92 Å². The summed E-state index contributed by atoms with van der Waals surface area (Å²) in [5.74, 6) is -1.32. The van der Waals surface area contributed by atoms with E-state index in [-0.39, 0.29) is 17.5 Å². The summed E-state index contributed by atoms with van der Waals surface area (Å²) in [6.45, 7) is 17.7. The summed E-state index contributed by atoms with van der Waals surface area (Å²) in [7, 11) is 0. The third kappa shape index (κ3) is 3.80. The standard InChI is InChI=1S/C24H29O2/c1-13(2)20(23(25)21-16(5)9-14(3)10-17(21)6)24(26)22-18(7)11-15(4)12-19(22)8/h9-13,20H,1H2,2-8H3. The van der Waals surface area contributed by atoms with Gasteiger partial charge in [0.2, 0.25) is 0 Å². The Balaban J connectivity index is 2.57. The molecule has 0 N–H and O–H groups in total. The van der Waals surface area contributed by atoms with Crippen molar-refractivity contribution in [3.05, 3.63) is 75.7 Å². The SMILES string of the molecule is [CH2]C(C)C(C(=O)c1c(C)cc(C)cc1C)C(=O)c1c(C)cc(C)cc1C. The predicted molar refractivity (Wildman–Crippen MR) is 108 cm³/mol. The van der Waals surface area contributed by atoms with E-state index in [4.69, 9.17) is 0 Å². The number of hydrogen-bond donors (Lipinski definition) is 0. The zero-order chi connectivity index (χ0) is 19.8. The Kier molecular flexibility index (Phi) is 5.85. The molecule has 2 nitrogen and oxygen atoms in total. The molecule has 0 heterocycles. The molecular weight excluding hydrogens is 320 g/mol. The number of ketones is 2. The molecule has 1 unspecified atom stereocenters. The van der Waals surface area contributed by atoms with Gasteiger partial charge in [-0.3, -0.25) is 9.59 Å². The summed E-state index contributed by atoms with van der Waals surface area (Å²) >= 11 is 0. The lowest BCUT2D eigenvalue weighted by Crippen LogP contribution is -2.31. The minimum Gasteiger partial charge on any atom is -0.293 e. The Hall–Kier alpha value is -2.22. The molecule has 0 aliphatic heterocycles. The van der Waals surface area contributed by atoms with Gasteiger partial charge in [0.25, 0.3) is 0 Å². The number of Topliss-reactive ketones (excluding diaryl/α,β-unsaturated/α-hetero) is 2. The second-order valence-electron chi connectivity index (χ2n) is 7.73. The van der Waals surface area contributed by atoms with Gasteiger partial charge >= 0.3 is 0 Å². The average molecular weight is 349 g/mol. The monoisotopic (exact) mass is 349 g/mol. The molecule has 0 spiro atoms. The lowest BCUT2D eigenvalue weighted by molar-refractivity contribution is 0.0775. The molecule has 0 aliphatic rings. The highest BCUT2D eigenvalue weighted by Crippen LogP contribution is 2.29. The Morgan fingerprint density at radius 2 is 0.962 bits per heavy atom. The van der Waals surface area contributed by atoms with Gasteiger partial charge in [0.15, 0.2) is 11.6 Å². The molecule has 1 radical (unpaired) electrons. The maximum absolute atomic E-state index is 13.4. The highest BCUT2D eigenvalue weighted by molar-refractivity contribution is 6.18. The lowest BCUT2D eigenvalue weighted by Gasteiger charge is -2.23. The largest absolute Gasteiger partial charge is 0.293 e. The van der Waals surface area contributed by atoms with Crippen LogP contribution in [0.25, 0.3) is 0 Å². The van der Waals surface area contributed by atoms with Crippen molar-refractivity contribution >= 4 is 11.6 Å². The van der Waals surface area contributed by atoms with Crippen LogP contribution in [0, 0.1) is 60.3 Å². The highest BCUT2D eigenvalue weighted by atomic mass is 16.2. The van der Waals surface area contributed by atoms with Gasteiger partial charge in [0.1, 0.15) is 0 Å². The van der Waals surface area contributed by atoms with E-state index in [1.54, 1.807) is 0 Å².